The third kappa shape index (κ3) is 5.63. The predicted molar refractivity (Wildman–Crippen MR) is 247 cm³/mol. The molecule has 0 aliphatic carbocycles. The first kappa shape index (κ1) is 38.7. The summed E-state index contributed by atoms with van der Waals surface area (Å²) in [5.74, 6) is 0.503. The highest BCUT2D eigenvalue weighted by Crippen LogP contribution is 2.52. The Balaban J connectivity index is 1.50. The van der Waals surface area contributed by atoms with Crippen molar-refractivity contribution in [1.29, 1.82) is 0 Å². The van der Waals surface area contributed by atoms with Gasteiger partial charge in [-0.25, -0.2) is 0 Å². The number of aryl methyl sites for hydroxylation is 2. The van der Waals surface area contributed by atoms with E-state index in [4.69, 9.17) is 0 Å². The molecule has 2 heterocycles. The molecule has 300 valence electrons. The highest BCUT2D eigenvalue weighted by molar-refractivity contribution is 6.50. The molecule has 0 spiro atoms. The summed E-state index contributed by atoms with van der Waals surface area (Å²) < 4.78 is 3.11. The summed E-state index contributed by atoms with van der Waals surface area (Å²) in [6.07, 6.45) is 13.8. The normalized spacial score (nSPS) is 13.9. The molecule has 0 fully saturated rings. The molecule has 2 aromatic heterocycles. The van der Waals surface area contributed by atoms with Crippen molar-refractivity contribution in [1.82, 2.24) is 9.13 Å². The molecule has 2 unspecified atom stereocenters. The SMILES string of the molecule is CCCCc1cc2cc3c(=O)n(CC(CC)CCCC)c(=O)c4cc5c(CCCC)cc6cc7c(=O)n(CC(CC)CCCC)c(=O)c8cc1c1c2c(c34)c5c6c1c78. The van der Waals surface area contributed by atoms with E-state index in [1.54, 1.807) is 9.13 Å². The van der Waals surface area contributed by atoms with Gasteiger partial charge in [-0.15, -0.1) is 0 Å². The minimum atomic E-state index is -0.195. The van der Waals surface area contributed by atoms with Crippen LogP contribution in [-0.4, -0.2) is 9.13 Å². The summed E-state index contributed by atoms with van der Waals surface area (Å²) >= 11 is 0. The number of benzene rings is 7. The van der Waals surface area contributed by atoms with Crippen LogP contribution in [0.2, 0.25) is 0 Å². The number of unbranched alkanes of at least 4 members (excludes halogenated alkanes) is 4. The van der Waals surface area contributed by atoms with Gasteiger partial charge in [0.1, 0.15) is 0 Å². The molecule has 0 aliphatic heterocycles. The summed E-state index contributed by atoms with van der Waals surface area (Å²) in [7, 11) is 0. The highest BCUT2D eigenvalue weighted by atomic mass is 16.2. The summed E-state index contributed by atoms with van der Waals surface area (Å²) in [6, 6.07) is 12.9. The van der Waals surface area contributed by atoms with Crippen molar-refractivity contribution in [2.24, 2.45) is 11.8 Å². The molecule has 0 bridgehead atoms. The van der Waals surface area contributed by atoms with E-state index in [1.165, 1.54) is 0 Å². The van der Waals surface area contributed by atoms with Gasteiger partial charge in [-0.2, -0.15) is 0 Å². The van der Waals surface area contributed by atoms with E-state index < -0.39 is 0 Å². The third-order valence-electron chi connectivity index (χ3n) is 14.2. The third-order valence-corrected chi connectivity index (χ3v) is 14.2. The lowest BCUT2D eigenvalue weighted by atomic mass is 9.77. The lowest BCUT2D eigenvalue weighted by molar-refractivity contribution is 0.382. The number of aromatic nitrogens is 2. The van der Waals surface area contributed by atoms with Crippen LogP contribution in [0.15, 0.2) is 55.6 Å². The van der Waals surface area contributed by atoms with Crippen LogP contribution in [0.4, 0.5) is 0 Å². The first-order chi connectivity index (χ1) is 28.2. The van der Waals surface area contributed by atoms with Gasteiger partial charge in [-0.1, -0.05) is 105 Å². The van der Waals surface area contributed by atoms with Crippen molar-refractivity contribution >= 4 is 86.2 Å². The van der Waals surface area contributed by atoms with Gasteiger partial charge in [0.25, 0.3) is 22.2 Å². The summed E-state index contributed by atoms with van der Waals surface area (Å²) in [5.41, 5.74) is 1.55. The largest absolute Gasteiger partial charge is 0.274 e. The van der Waals surface area contributed by atoms with Gasteiger partial charge in [0, 0.05) is 56.2 Å². The molecule has 7 aromatic carbocycles. The summed E-state index contributed by atoms with van der Waals surface area (Å²) in [6.45, 7) is 14.0. The van der Waals surface area contributed by atoms with E-state index >= 15 is 0 Å². The Labute approximate surface area is 339 Å². The van der Waals surface area contributed by atoms with Crippen molar-refractivity contribution in [2.75, 3.05) is 0 Å². The first-order valence-corrected chi connectivity index (χ1v) is 22.7. The van der Waals surface area contributed by atoms with Gasteiger partial charge >= 0.3 is 0 Å². The predicted octanol–water partition coefficient (Wildman–Crippen LogP) is 12.3. The standard InChI is InChI=1S/C52H58N2O4/c1-7-13-17-29(11-5)27-53-49(55)37-23-33-21-32(20-16-10-4)36-26-40-44-38(50(56)54(52(40)58)28-30(12-6)18-14-8-2)24-34-22-31(19-15-9-3)35-25-39(51(53)57)43(37)47-41(33)46(36)48(44)42(34)45(35)47/h21-26,29-30H,7-20,27-28H2,1-6H3. The van der Waals surface area contributed by atoms with Crippen LogP contribution in [0, 0.1) is 11.8 Å². The lowest BCUT2D eigenvalue weighted by Crippen LogP contribution is -2.36. The molecular weight excluding hydrogens is 717 g/mol. The van der Waals surface area contributed by atoms with E-state index in [0.29, 0.717) is 34.6 Å². The van der Waals surface area contributed by atoms with E-state index in [2.05, 4.69) is 77.9 Å². The molecule has 2 atom stereocenters. The molecule has 6 nitrogen and oxygen atoms in total. The second kappa shape index (κ2) is 15.1. The van der Waals surface area contributed by atoms with Crippen molar-refractivity contribution in [3.8, 4) is 0 Å². The molecule has 0 saturated heterocycles. The van der Waals surface area contributed by atoms with Gasteiger partial charge in [-0.05, 0) is 129 Å². The van der Waals surface area contributed by atoms with Crippen LogP contribution in [-0.2, 0) is 25.9 Å². The molecule has 58 heavy (non-hydrogen) atoms. The van der Waals surface area contributed by atoms with Crippen LogP contribution in [0.1, 0.15) is 130 Å². The van der Waals surface area contributed by atoms with Crippen LogP contribution < -0.4 is 22.2 Å². The molecule has 9 rings (SSSR count). The van der Waals surface area contributed by atoms with Crippen molar-refractivity contribution in [3.05, 3.63) is 88.9 Å². The minimum Gasteiger partial charge on any atom is -0.274 e. The Morgan fingerprint density at radius 1 is 0.397 bits per heavy atom. The maximum atomic E-state index is 14.8. The van der Waals surface area contributed by atoms with Crippen molar-refractivity contribution in [3.63, 3.8) is 0 Å². The molecule has 0 saturated carbocycles. The summed E-state index contributed by atoms with van der Waals surface area (Å²) in [4.78, 5) is 59.3. The second-order valence-electron chi connectivity index (χ2n) is 17.8. The van der Waals surface area contributed by atoms with Gasteiger partial charge in [0.2, 0.25) is 0 Å². The number of rotatable bonds is 18. The van der Waals surface area contributed by atoms with Crippen LogP contribution in [0.5, 0.6) is 0 Å². The lowest BCUT2D eigenvalue weighted by Gasteiger charge is -2.26. The Bertz CT molecular complexity index is 2980. The van der Waals surface area contributed by atoms with E-state index in [-0.39, 0.29) is 34.1 Å². The maximum absolute atomic E-state index is 14.8. The molecule has 9 aromatic rings. The zero-order chi connectivity index (χ0) is 40.6. The maximum Gasteiger partial charge on any atom is 0.261 e. The fourth-order valence-electron chi connectivity index (χ4n) is 10.9. The fraction of sp³-hybridized carbons (Fsp3) is 0.462. The quantitative estimate of drug-likeness (QED) is 0.0642. The number of hydrogen-bond acceptors (Lipinski definition) is 4. The average Bonchev–Trinajstić information content (AvgIpc) is 3.24. The van der Waals surface area contributed by atoms with E-state index in [9.17, 15) is 19.2 Å². The fourth-order valence-corrected chi connectivity index (χ4v) is 10.9. The number of pyridine rings is 2. The Morgan fingerprint density at radius 3 is 1.10 bits per heavy atom. The van der Waals surface area contributed by atoms with Gasteiger partial charge < -0.3 is 0 Å². The molecular formula is C52H58N2O4. The number of hydrogen-bond donors (Lipinski definition) is 0. The Kier molecular flexibility index (Phi) is 10.1. The highest BCUT2D eigenvalue weighted by Gasteiger charge is 2.30. The molecule has 6 heteroatoms. The number of nitrogens with zero attached hydrogens (tertiary/aromatic N) is 2. The van der Waals surface area contributed by atoms with Crippen molar-refractivity contribution < 1.29 is 0 Å². The molecule has 0 aliphatic rings. The molecule has 0 radical (unpaired) electrons. The Hall–Kier alpha value is -4.84. The van der Waals surface area contributed by atoms with Crippen molar-refractivity contribution in [2.45, 2.75) is 145 Å². The zero-order valence-electron chi connectivity index (χ0n) is 35.5. The van der Waals surface area contributed by atoms with E-state index in [1.807, 2.05) is 0 Å². The van der Waals surface area contributed by atoms with Crippen LogP contribution in [0.25, 0.3) is 86.2 Å². The molecule has 0 N–H and O–H groups in total. The Morgan fingerprint density at radius 2 is 0.759 bits per heavy atom. The van der Waals surface area contributed by atoms with Crippen LogP contribution in [0.3, 0.4) is 0 Å². The summed E-state index contributed by atoms with van der Waals surface area (Å²) in [5, 5.41) is 14.3. The molecule has 0 amide bonds. The van der Waals surface area contributed by atoms with Crippen LogP contribution >= 0.6 is 0 Å². The topological polar surface area (TPSA) is 78.1 Å². The van der Waals surface area contributed by atoms with Gasteiger partial charge in [0.15, 0.2) is 0 Å². The zero-order valence-corrected chi connectivity index (χ0v) is 35.5. The first-order valence-electron chi connectivity index (χ1n) is 22.7. The van der Waals surface area contributed by atoms with Gasteiger partial charge in [-0.3, -0.25) is 28.3 Å². The monoisotopic (exact) mass is 774 g/mol. The van der Waals surface area contributed by atoms with E-state index in [0.717, 1.165) is 166 Å². The second-order valence-corrected chi connectivity index (χ2v) is 17.8. The van der Waals surface area contributed by atoms with Gasteiger partial charge in [0.05, 0.1) is 0 Å². The average molecular weight is 775 g/mol. The smallest absolute Gasteiger partial charge is 0.261 e. The minimum absolute atomic E-state index is 0.192.